The van der Waals surface area contributed by atoms with Crippen LogP contribution in [-0.2, 0) is 11.8 Å². The van der Waals surface area contributed by atoms with E-state index in [1.807, 2.05) is 24.3 Å². The third-order valence-corrected chi connectivity index (χ3v) is 6.61. The molecule has 0 saturated carbocycles. The molecule has 1 aliphatic heterocycles. The first kappa shape index (κ1) is 21.0. The number of alkyl halides is 1. The van der Waals surface area contributed by atoms with Gasteiger partial charge in [0.2, 0.25) is 0 Å². The molecule has 5 rings (SSSR count). The summed E-state index contributed by atoms with van der Waals surface area (Å²) in [6.45, 7) is -0.0634. The summed E-state index contributed by atoms with van der Waals surface area (Å²) in [6.07, 6.45) is 0.0708. The molecule has 9 nitrogen and oxygen atoms in total. The van der Waals surface area contributed by atoms with E-state index in [-0.39, 0.29) is 12.7 Å². The molecule has 4 heterocycles. The van der Waals surface area contributed by atoms with E-state index in [1.54, 1.807) is 23.3 Å². The smallest absolute Gasteiger partial charge is 0.169 e. The van der Waals surface area contributed by atoms with E-state index in [2.05, 4.69) is 25.6 Å². The number of aromatic nitrogens is 5. The first-order valence-corrected chi connectivity index (χ1v) is 11.3. The summed E-state index contributed by atoms with van der Waals surface area (Å²) in [6, 6.07) is 7.28. The average Bonchev–Trinajstić information content (AvgIpc) is 3.50. The largest absolute Gasteiger partial charge is 0.369 e. The number of fused-ring (bicyclic) bond motifs is 1. The number of thiazole rings is 1. The molecule has 0 amide bonds. The van der Waals surface area contributed by atoms with Crippen LogP contribution in [-0.4, -0.2) is 48.9 Å². The molecule has 4 atom stereocenters. The summed E-state index contributed by atoms with van der Waals surface area (Å²) in [5.41, 5.74) is 9.34. The van der Waals surface area contributed by atoms with Crippen LogP contribution < -0.4 is 11.1 Å². The monoisotopic (exact) mass is 457 g/mol. The molecule has 4 aromatic rings. The molecule has 1 fully saturated rings. The number of aliphatic hydroxyl groups is 1. The molecular weight excluding hydrogens is 433 g/mol. The Morgan fingerprint density at radius 3 is 3.09 bits per heavy atom. The number of anilines is 1. The number of aryl methyl sites for hydroxylation is 1. The Hall–Kier alpha value is -2.86. The fraction of sp³-hybridized carbons (Fsp3) is 0.381. The van der Waals surface area contributed by atoms with Crippen LogP contribution in [0.25, 0.3) is 21.6 Å². The Balaban J connectivity index is 1.36. The van der Waals surface area contributed by atoms with Gasteiger partial charge in [0.15, 0.2) is 6.23 Å². The van der Waals surface area contributed by atoms with E-state index < -0.39 is 18.4 Å². The third-order valence-electron chi connectivity index (χ3n) is 5.74. The van der Waals surface area contributed by atoms with Crippen LogP contribution in [0.5, 0.6) is 0 Å². The summed E-state index contributed by atoms with van der Waals surface area (Å²) in [7, 11) is 1.79. The van der Waals surface area contributed by atoms with E-state index in [9.17, 15) is 9.50 Å². The van der Waals surface area contributed by atoms with E-state index in [4.69, 9.17) is 10.5 Å². The molecule has 1 aromatic carbocycles. The van der Waals surface area contributed by atoms with E-state index >= 15 is 0 Å². The average molecular weight is 458 g/mol. The number of nitrogens with one attached hydrogen (secondary N) is 2. The van der Waals surface area contributed by atoms with Gasteiger partial charge in [-0.3, -0.25) is 9.78 Å². The number of H-pyrrole nitrogens is 1. The van der Waals surface area contributed by atoms with E-state index in [0.717, 1.165) is 22.3 Å². The summed E-state index contributed by atoms with van der Waals surface area (Å²) in [4.78, 5) is 4.58. The minimum atomic E-state index is -1.19. The number of aromatic amines is 1. The summed E-state index contributed by atoms with van der Waals surface area (Å²) < 4.78 is 21.4. The lowest BCUT2D eigenvalue weighted by atomic mass is 10.0. The molecule has 32 heavy (non-hydrogen) atoms. The Labute approximate surface area is 187 Å². The maximum absolute atomic E-state index is 14.0. The highest BCUT2D eigenvalue weighted by atomic mass is 32.1. The molecule has 3 aromatic heterocycles. The number of nitrogens with zero attached hydrogens (tertiary/aromatic N) is 4. The molecular formula is C21H24FN7O2S. The summed E-state index contributed by atoms with van der Waals surface area (Å²) in [5.74, 6) is 0. The highest BCUT2D eigenvalue weighted by molar-refractivity contribution is 7.13. The summed E-state index contributed by atoms with van der Waals surface area (Å²) in [5, 5.41) is 29.0. The van der Waals surface area contributed by atoms with Gasteiger partial charge in [0.05, 0.1) is 29.7 Å². The lowest BCUT2D eigenvalue weighted by Crippen LogP contribution is -2.32. The molecule has 0 bridgehead atoms. The minimum absolute atomic E-state index is 0.0634. The SMILES string of the molecule is Cn1ncc(NC(O)c2csc(-c3n[nH]c4ccccc34)n2)c1[C@@H]1CC[C@@H](N)[C@H](F)CO1. The molecule has 5 N–H and O–H groups in total. The number of halogens is 1. The van der Waals surface area contributed by atoms with E-state index in [0.29, 0.717) is 29.2 Å². The van der Waals surface area contributed by atoms with Crippen molar-refractivity contribution >= 4 is 27.9 Å². The Kier molecular flexibility index (Phi) is 5.64. The second-order valence-corrected chi connectivity index (χ2v) is 8.75. The van der Waals surface area contributed by atoms with Crippen LogP contribution in [0.4, 0.5) is 10.1 Å². The van der Waals surface area contributed by atoms with Crippen molar-refractivity contribution in [1.29, 1.82) is 0 Å². The minimum Gasteiger partial charge on any atom is -0.369 e. The number of rotatable bonds is 5. The Morgan fingerprint density at radius 2 is 2.22 bits per heavy atom. The molecule has 11 heteroatoms. The van der Waals surface area contributed by atoms with Gasteiger partial charge in [-0.1, -0.05) is 18.2 Å². The zero-order valence-corrected chi connectivity index (χ0v) is 18.2. The molecule has 1 unspecified atom stereocenters. The van der Waals surface area contributed by atoms with Crippen molar-refractivity contribution in [2.45, 2.75) is 37.4 Å². The van der Waals surface area contributed by atoms with Gasteiger partial charge < -0.3 is 20.9 Å². The predicted molar refractivity (Wildman–Crippen MR) is 120 cm³/mol. The highest BCUT2D eigenvalue weighted by Gasteiger charge is 2.30. The zero-order chi connectivity index (χ0) is 22.2. The van der Waals surface area contributed by atoms with Gasteiger partial charge in [-0.2, -0.15) is 10.2 Å². The molecule has 168 valence electrons. The first-order chi connectivity index (χ1) is 15.5. The molecule has 0 spiro atoms. The maximum atomic E-state index is 14.0. The van der Waals surface area contributed by atoms with Gasteiger partial charge in [0, 0.05) is 23.9 Å². The van der Waals surface area contributed by atoms with Crippen LogP contribution in [0.2, 0.25) is 0 Å². The topological polar surface area (TPSA) is 127 Å². The Morgan fingerprint density at radius 1 is 1.38 bits per heavy atom. The van der Waals surface area contributed by atoms with Gasteiger partial charge in [-0.05, 0) is 18.9 Å². The van der Waals surface area contributed by atoms with Crippen molar-refractivity contribution in [1.82, 2.24) is 25.0 Å². The lowest BCUT2D eigenvalue weighted by Gasteiger charge is -2.19. The van der Waals surface area contributed by atoms with Crippen LogP contribution >= 0.6 is 11.3 Å². The number of hydrogen-bond acceptors (Lipinski definition) is 8. The highest BCUT2D eigenvalue weighted by Crippen LogP contribution is 2.35. The normalized spacial score (nSPS) is 22.7. The standard InChI is InChI=1S/C21H24FN7O2S/c1-29-19(17-7-6-13(23)12(22)9-31-17)15(8-24-29)25-20(30)16-10-32-21(26-16)18-11-4-2-3-5-14(11)27-28-18/h2-5,8,10,12-13,17,20,25,30H,6-7,9,23H2,1H3,(H,27,28)/t12-,13-,17+,20?/m1/s1. The van der Waals surface area contributed by atoms with Crippen molar-refractivity contribution in [3.05, 3.63) is 47.2 Å². The van der Waals surface area contributed by atoms with Crippen molar-refractivity contribution in [3.8, 4) is 10.7 Å². The van der Waals surface area contributed by atoms with Gasteiger partial charge in [0.1, 0.15) is 28.7 Å². The quantitative estimate of drug-likeness (QED) is 0.339. The zero-order valence-electron chi connectivity index (χ0n) is 17.4. The number of para-hydroxylation sites is 1. The van der Waals surface area contributed by atoms with Crippen molar-refractivity contribution < 1.29 is 14.2 Å². The molecule has 0 aliphatic carbocycles. The Bertz CT molecular complexity index is 1210. The summed E-state index contributed by atoms with van der Waals surface area (Å²) >= 11 is 1.41. The predicted octanol–water partition coefficient (Wildman–Crippen LogP) is 3.04. The molecule has 1 saturated heterocycles. The lowest BCUT2D eigenvalue weighted by molar-refractivity contribution is 0.0246. The second kappa shape index (κ2) is 8.58. The van der Waals surface area contributed by atoms with Gasteiger partial charge in [-0.15, -0.1) is 11.3 Å². The number of benzene rings is 1. The first-order valence-electron chi connectivity index (χ1n) is 10.4. The maximum Gasteiger partial charge on any atom is 0.169 e. The molecule has 1 aliphatic rings. The fourth-order valence-corrected chi connectivity index (χ4v) is 4.80. The number of ether oxygens (including phenoxy) is 1. The van der Waals surface area contributed by atoms with Crippen molar-refractivity contribution in [2.24, 2.45) is 12.8 Å². The van der Waals surface area contributed by atoms with Crippen LogP contribution in [0.15, 0.2) is 35.8 Å². The number of hydrogen-bond donors (Lipinski definition) is 4. The van der Waals surface area contributed by atoms with Crippen molar-refractivity contribution in [3.63, 3.8) is 0 Å². The third kappa shape index (κ3) is 3.88. The van der Waals surface area contributed by atoms with Crippen LogP contribution in [0, 0.1) is 0 Å². The molecule has 0 radical (unpaired) electrons. The number of aliphatic hydroxyl groups excluding tert-OH is 1. The van der Waals surface area contributed by atoms with Crippen LogP contribution in [0.1, 0.15) is 36.6 Å². The van der Waals surface area contributed by atoms with Gasteiger partial charge >= 0.3 is 0 Å². The number of nitrogens with two attached hydrogens (primary N) is 1. The fourth-order valence-electron chi connectivity index (χ4n) is 3.96. The second-order valence-electron chi connectivity index (χ2n) is 7.89. The van der Waals surface area contributed by atoms with Crippen LogP contribution in [0.3, 0.4) is 0 Å². The van der Waals surface area contributed by atoms with E-state index in [1.165, 1.54) is 11.3 Å². The van der Waals surface area contributed by atoms with Gasteiger partial charge in [-0.25, -0.2) is 9.37 Å². The van der Waals surface area contributed by atoms with Crippen molar-refractivity contribution in [2.75, 3.05) is 11.9 Å². The van der Waals surface area contributed by atoms with Gasteiger partial charge in [0.25, 0.3) is 0 Å².